The van der Waals surface area contributed by atoms with E-state index in [4.69, 9.17) is 0 Å². The number of carbonyl (C=O) groups excluding carboxylic acids is 3. The minimum absolute atomic E-state index is 0.0214. The fraction of sp³-hybridized carbons (Fsp3) is 0.278. The average Bonchev–Trinajstić information content (AvgIpc) is 3.46. The largest absolute Gasteiger partial charge is 0.325 e. The van der Waals surface area contributed by atoms with E-state index in [1.54, 1.807) is 36.4 Å². The van der Waals surface area contributed by atoms with E-state index in [9.17, 15) is 14.4 Å². The van der Waals surface area contributed by atoms with Crippen molar-refractivity contribution in [2.45, 2.75) is 24.8 Å². The monoisotopic (exact) mass is 370 g/mol. The lowest BCUT2D eigenvalue weighted by Crippen LogP contribution is -2.15. The first kappa shape index (κ1) is 18.1. The van der Waals surface area contributed by atoms with E-state index in [1.807, 2.05) is 0 Å². The smallest absolute Gasteiger partial charge is 0.234 e. The van der Waals surface area contributed by atoms with E-state index < -0.39 is 0 Å². The SMILES string of the molecule is CC(=O)c1cccc(NC(=O)CSc2ccc(NC(=O)C3CC3)nn2)c1. The third kappa shape index (κ3) is 5.13. The predicted octanol–water partition coefficient (Wildman–Crippen LogP) is 2.76. The first-order valence-corrected chi connectivity index (χ1v) is 9.18. The number of rotatable bonds is 7. The minimum Gasteiger partial charge on any atom is -0.325 e. The van der Waals surface area contributed by atoms with E-state index in [1.165, 1.54) is 18.7 Å². The van der Waals surface area contributed by atoms with Crippen LogP contribution in [-0.4, -0.2) is 33.5 Å². The predicted molar refractivity (Wildman–Crippen MR) is 99.2 cm³/mol. The summed E-state index contributed by atoms with van der Waals surface area (Å²) in [5.41, 5.74) is 1.12. The molecule has 26 heavy (non-hydrogen) atoms. The van der Waals surface area contributed by atoms with Crippen molar-refractivity contribution in [3.8, 4) is 0 Å². The summed E-state index contributed by atoms with van der Waals surface area (Å²) in [4.78, 5) is 35.1. The summed E-state index contributed by atoms with van der Waals surface area (Å²) in [7, 11) is 0. The minimum atomic E-state index is -0.205. The van der Waals surface area contributed by atoms with Crippen LogP contribution >= 0.6 is 11.8 Å². The Balaban J connectivity index is 1.48. The molecular weight excluding hydrogens is 352 g/mol. The van der Waals surface area contributed by atoms with Crippen molar-refractivity contribution in [1.29, 1.82) is 0 Å². The number of nitrogens with one attached hydrogen (secondary N) is 2. The van der Waals surface area contributed by atoms with Crippen molar-refractivity contribution in [3.05, 3.63) is 42.0 Å². The molecule has 1 aliphatic rings. The van der Waals surface area contributed by atoms with Gasteiger partial charge in [-0.15, -0.1) is 10.2 Å². The standard InChI is InChI=1S/C18H18N4O3S/c1-11(23)13-3-2-4-14(9-13)19-16(24)10-26-17-8-7-15(21-22-17)20-18(25)12-5-6-12/h2-4,7-9,12H,5-6,10H2,1H3,(H,19,24)(H,20,21,25). The normalized spacial score (nSPS) is 13.1. The number of amides is 2. The number of anilines is 2. The second-order valence-corrected chi connectivity index (χ2v) is 6.99. The van der Waals surface area contributed by atoms with Crippen LogP contribution in [0, 0.1) is 5.92 Å². The summed E-state index contributed by atoms with van der Waals surface area (Å²) in [5, 5.41) is 14.0. The van der Waals surface area contributed by atoms with Gasteiger partial charge in [-0.25, -0.2) is 0 Å². The number of aromatic nitrogens is 2. The van der Waals surface area contributed by atoms with Crippen LogP contribution in [0.4, 0.5) is 11.5 Å². The molecule has 2 aromatic rings. The molecule has 1 heterocycles. The molecule has 1 aliphatic carbocycles. The van der Waals surface area contributed by atoms with Crippen LogP contribution in [0.25, 0.3) is 0 Å². The Morgan fingerprint density at radius 1 is 1.12 bits per heavy atom. The molecule has 7 nitrogen and oxygen atoms in total. The second-order valence-electron chi connectivity index (χ2n) is 5.99. The highest BCUT2D eigenvalue weighted by molar-refractivity contribution is 7.99. The third-order valence-electron chi connectivity index (χ3n) is 3.74. The fourth-order valence-corrected chi connectivity index (χ4v) is 2.80. The van der Waals surface area contributed by atoms with Gasteiger partial charge in [-0.2, -0.15) is 0 Å². The number of hydrogen-bond acceptors (Lipinski definition) is 6. The number of hydrogen-bond donors (Lipinski definition) is 2. The van der Waals surface area contributed by atoms with Gasteiger partial charge < -0.3 is 10.6 Å². The number of nitrogens with zero attached hydrogens (tertiary/aromatic N) is 2. The molecule has 134 valence electrons. The lowest BCUT2D eigenvalue weighted by atomic mass is 10.1. The molecule has 0 unspecified atom stereocenters. The molecule has 0 atom stereocenters. The van der Waals surface area contributed by atoms with E-state index in [2.05, 4.69) is 20.8 Å². The summed E-state index contributed by atoms with van der Waals surface area (Å²) in [6.45, 7) is 1.48. The lowest BCUT2D eigenvalue weighted by molar-refractivity contribution is -0.117. The summed E-state index contributed by atoms with van der Waals surface area (Å²) in [6.07, 6.45) is 1.86. The molecule has 3 rings (SSSR count). The zero-order chi connectivity index (χ0) is 18.5. The van der Waals surface area contributed by atoms with E-state index in [0.717, 1.165) is 12.8 Å². The molecule has 1 saturated carbocycles. The van der Waals surface area contributed by atoms with E-state index >= 15 is 0 Å². The molecule has 1 fully saturated rings. The van der Waals surface area contributed by atoms with Crippen molar-refractivity contribution in [2.75, 3.05) is 16.4 Å². The van der Waals surface area contributed by atoms with E-state index in [-0.39, 0.29) is 29.3 Å². The van der Waals surface area contributed by atoms with Gasteiger partial charge in [0, 0.05) is 17.2 Å². The summed E-state index contributed by atoms with van der Waals surface area (Å²) >= 11 is 1.24. The van der Waals surface area contributed by atoms with Gasteiger partial charge in [0.05, 0.1) is 5.75 Å². The van der Waals surface area contributed by atoms with Crippen LogP contribution in [0.3, 0.4) is 0 Å². The molecular formula is C18H18N4O3S. The molecule has 1 aromatic carbocycles. The molecule has 8 heteroatoms. The zero-order valence-electron chi connectivity index (χ0n) is 14.2. The molecule has 0 radical (unpaired) electrons. The molecule has 0 spiro atoms. The van der Waals surface area contributed by atoms with Gasteiger partial charge in [-0.05, 0) is 44.0 Å². The van der Waals surface area contributed by atoms with Crippen molar-refractivity contribution in [3.63, 3.8) is 0 Å². The highest BCUT2D eigenvalue weighted by Crippen LogP contribution is 2.30. The maximum atomic E-state index is 12.0. The number of thioether (sulfide) groups is 1. The lowest BCUT2D eigenvalue weighted by Gasteiger charge is -2.06. The van der Waals surface area contributed by atoms with Gasteiger partial charge in [0.15, 0.2) is 11.6 Å². The fourth-order valence-electron chi connectivity index (χ4n) is 2.19. The number of carbonyl (C=O) groups is 3. The molecule has 1 aromatic heterocycles. The van der Waals surface area contributed by atoms with Crippen molar-refractivity contribution in [2.24, 2.45) is 5.92 Å². The van der Waals surface area contributed by atoms with E-state index in [0.29, 0.717) is 22.1 Å². The Labute approximate surface area is 155 Å². The van der Waals surface area contributed by atoms with Gasteiger partial charge in [-0.1, -0.05) is 23.9 Å². The maximum Gasteiger partial charge on any atom is 0.234 e. The Hall–Kier alpha value is -2.74. The van der Waals surface area contributed by atoms with Crippen LogP contribution in [0.5, 0.6) is 0 Å². The Morgan fingerprint density at radius 2 is 1.92 bits per heavy atom. The highest BCUT2D eigenvalue weighted by Gasteiger charge is 2.29. The van der Waals surface area contributed by atoms with Gasteiger partial charge in [0.1, 0.15) is 5.03 Å². The average molecular weight is 370 g/mol. The number of ketones is 1. The Kier molecular flexibility index (Phi) is 5.62. The van der Waals surface area contributed by atoms with Crippen LogP contribution in [0.15, 0.2) is 41.4 Å². The molecule has 0 aliphatic heterocycles. The topological polar surface area (TPSA) is 101 Å². The third-order valence-corrected chi connectivity index (χ3v) is 4.66. The van der Waals surface area contributed by atoms with Crippen LogP contribution < -0.4 is 10.6 Å². The van der Waals surface area contributed by atoms with Crippen molar-refractivity contribution < 1.29 is 14.4 Å². The van der Waals surface area contributed by atoms with Crippen molar-refractivity contribution in [1.82, 2.24) is 10.2 Å². The van der Waals surface area contributed by atoms with Crippen LogP contribution in [0.1, 0.15) is 30.1 Å². The second kappa shape index (κ2) is 8.09. The summed E-state index contributed by atoms with van der Waals surface area (Å²) < 4.78 is 0. The van der Waals surface area contributed by atoms with Crippen LogP contribution in [0.2, 0.25) is 0 Å². The summed E-state index contributed by atoms with van der Waals surface area (Å²) in [5.74, 6) is 0.398. The van der Waals surface area contributed by atoms with Crippen molar-refractivity contribution >= 4 is 40.9 Å². The van der Waals surface area contributed by atoms with Gasteiger partial charge in [0.2, 0.25) is 11.8 Å². The van der Waals surface area contributed by atoms with Gasteiger partial charge in [-0.3, -0.25) is 14.4 Å². The maximum absolute atomic E-state index is 12.0. The first-order valence-electron chi connectivity index (χ1n) is 8.19. The van der Waals surface area contributed by atoms with Gasteiger partial charge in [0.25, 0.3) is 0 Å². The number of benzene rings is 1. The first-order chi connectivity index (χ1) is 12.5. The number of Topliss-reactive ketones (excluding diaryl/α,β-unsaturated/α-hetero) is 1. The Bertz CT molecular complexity index is 835. The van der Waals surface area contributed by atoms with Crippen LogP contribution in [-0.2, 0) is 9.59 Å². The Morgan fingerprint density at radius 3 is 2.58 bits per heavy atom. The summed E-state index contributed by atoms with van der Waals surface area (Å²) in [6, 6.07) is 10.2. The van der Waals surface area contributed by atoms with Gasteiger partial charge >= 0.3 is 0 Å². The molecule has 0 saturated heterocycles. The molecule has 0 bridgehead atoms. The molecule has 2 N–H and O–H groups in total. The zero-order valence-corrected chi connectivity index (χ0v) is 15.0. The molecule has 2 amide bonds. The quantitative estimate of drug-likeness (QED) is 0.574. The highest BCUT2D eigenvalue weighted by atomic mass is 32.2.